The van der Waals surface area contributed by atoms with E-state index in [2.05, 4.69) is 5.32 Å². The summed E-state index contributed by atoms with van der Waals surface area (Å²) in [6.07, 6.45) is -5.36. The third-order valence-electron chi connectivity index (χ3n) is 2.24. The second-order valence-corrected chi connectivity index (χ2v) is 3.25. The zero-order chi connectivity index (χ0) is 10.7. The summed E-state index contributed by atoms with van der Waals surface area (Å²) < 4.78 is 35.5. The summed E-state index contributed by atoms with van der Waals surface area (Å²) in [6, 6.07) is 0. The lowest BCUT2D eigenvalue weighted by molar-refractivity contribution is -0.141. The van der Waals surface area contributed by atoms with Gasteiger partial charge < -0.3 is 5.32 Å². The third-order valence-corrected chi connectivity index (χ3v) is 2.24. The summed E-state index contributed by atoms with van der Waals surface area (Å²) in [4.78, 5) is 11.0. The molecule has 2 nitrogen and oxygen atoms in total. The zero-order valence-electron chi connectivity index (χ0n) is 7.96. The van der Waals surface area contributed by atoms with Crippen molar-refractivity contribution < 1.29 is 18.0 Å². The Labute approximate surface area is 75.5 Å². The molecule has 13 heavy (non-hydrogen) atoms. The van der Waals surface area contributed by atoms with Gasteiger partial charge in [0.2, 0.25) is 0 Å². The number of halogens is 3. The minimum atomic E-state index is -4.20. The van der Waals surface area contributed by atoms with Crippen LogP contribution in [0.3, 0.4) is 0 Å². The van der Waals surface area contributed by atoms with Crippen LogP contribution in [0.2, 0.25) is 0 Å². The average molecular weight is 197 g/mol. The minimum Gasteiger partial charge on any atom is -0.308 e. The van der Waals surface area contributed by atoms with Gasteiger partial charge in [-0.05, 0) is 27.3 Å². The lowest BCUT2D eigenvalue weighted by Crippen LogP contribution is -2.46. The van der Waals surface area contributed by atoms with Crippen molar-refractivity contribution in [1.29, 1.82) is 0 Å². The van der Waals surface area contributed by atoms with Crippen molar-refractivity contribution in [3.05, 3.63) is 0 Å². The zero-order valence-corrected chi connectivity index (χ0v) is 7.96. The normalized spacial score (nSPS) is 16.8. The highest BCUT2D eigenvalue weighted by Crippen LogP contribution is 2.25. The Morgan fingerprint density at radius 2 is 1.77 bits per heavy atom. The van der Waals surface area contributed by atoms with E-state index in [4.69, 9.17) is 0 Å². The number of hydrogen-bond donors (Lipinski definition) is 1. The van der Waals surface area contributed by atoms with E-state index in [9.17, 15) is 18.0 Å². The molecule has 0 amide bonds. The van der Waals surface area contributed by atoms with Crippen LogP contribution in [0.5, 0.6) is 0 Å². The molecule has 1 atom stereocenters. The van der Waals surface area contributed by atoms with Crippen LogP contribution in [0.15, 0.2) is 0 Å². The largest absolute Gasteiger partial charge is 0.389 e. The lowest BCUT2D eigenvalue weighted by atomic mass is 9.92. The molecule has 0 heterocycles. The Morgan fingerprint density at radius 1 is 1.31 bits per heavy atom. The van der Waals surface area contributed by atoms with Crippen molar-refractivity contribution >= 4 is 5.78 Å². The highest BCUT2D eigenvalue weighted by Gasteiger charge is 2.34. The van der Waals surface area contributed by atoms with Gasteiger partial charge in [0.15, 0.2) is 0 Å². The summed E-state index contributed by atoms with van der Waals surface area (Å²) >= 11 is 0. The first-order valence-corrected chi connectivity index (χ1v) is 3.98. The van der Waals surface area contributed by atoms with E-state index < -0.39 is 18.1 Å². The number of alkyl halides is 3. The Bertz CT molecular complexity index is 190. The molecule has 0 saturated heterocycles. The van der Waals surface area contributed by atoms with Crippen LogP contribution in [0.4, 0.5) is 13.2 Å². The Morgan fingerprint density at radius 3 is 2.00 bits per heavy atom. The van der Waals surface area contributed by atoms with Crippen molar-refractivity contribution in [3.63, 3.8) is 0 Å². The van der Waals surface area contributed by atoms with Gasteiger partial charge >= 0.3 is 6.18 Å². The van der Waals surface area contributed by atoms with E-state index in [1.54, 1.807) is 0 Å². The molecule has 78 valence electrons. The second-order valence-electron chi connectivity index (χ2n) is 3.25. The van der Waals surface area contributed by atoms with Crippen molar-refractivity contribution in [2.75, 3.05) is 7.05 Å². The van der Waals surface area contributed by atoms with Crippen molar-refractivity contribution in [1.82, 2.24) is 5.32 Å². The van der Waals surface area contributed by atoms with E-state index in [1.807, 2.05) is 0 Å². The number of carbonyl (C=O) groups excluding carboxylic acids is 1. The summed E-state index contributed by atoms with van der Waals surface area (Å²) in [6.45, 7) is 2.76. The number of ketones is 1. The molecule has 0 rings (SSSR count). The highest BCUT2D eigenvalue weighted by atomic mass is 19.4. The number of likely N-dealkylation sites (N-methyl/N-ethyl adjacent to an activating group) is 1. The first-order chi connectivity index (χ1) is 5.71. The molecule has 0 aliphatic rings. The van der Waals surface area contributed by atoms with Gasteiger partial charge in [-0.2, -0.15) is 13.2 Å². The molecule has 0 aromatic rings. The van der Waals surface area contributed by atoms with Crippen LogP contribution in [0, 0.1) is 0 Å². The first kappa shape index (κ1) is 12.4. The van der Waals surface area contributed by atoms with Gasteiger partial charge in [-0.15, -0.1) is 0 Å². The fraction of sp³-hybridized carbons (Fsp3) is 0.875. The monoisotopic (exact) mass is 197 g/mol. The van der Waals surface area contributed by atoms with Gasteiger partial charge in [-0.25, -0.2) is 0 Å². The SMILES string of the molecule is CN[C@](C)(CCC(F)(F)F)C(C)=O. The Hall–Kier alpha value is -0.580. The summed E-state index contributed by atoms with van der Waals surface area (Å²) in [7, 11) is 1.48. The maximum Gasteiger partial charge on any atom is 0.389 e. The maximum atomic E-state index is 11.8. The van der Waals surface area contributed by atoms with Gasteiger partial charge in [0.25, 0.3) is 0 Å². The molecule has 0 aliphatic carbocycles. The molecule has 0 radical (unpaired) electrons. The standard InChI is InChI=1S/C8H14F3NO/c1-6(13)7(2,12-3)4-5-8(9,10)11/h12H,4-5H2,1-3H3/t7-/m1/s1. The number of carbonyl (C=O) groups is 1. The van der Waals surface area contributed by atoms with Crippen molar-refractivity contribution in [2.45, 2.75) is 38.4 Å². The fourth-order valence-electron chi connectivity index (χ4n) is 0.869. The molecule has 0 unspecified atom stereocenters. The highest BCUT2D eigenvalue weighted by molar-refractivity contribution is 5.85. The Kier molecular flexibility index (Phi) is 3.90. The van der Waals surface area contributed by atoms with Gasteiger partial charge in [-0.1, -0.05) is 0 Å². The second kappa shape index (κ2) is 4.09. The molecule has 0 fully saturated rings. The van der Waals surface area contributed by atoms with E-state index >= 15 is 0 Å². The minimum absolute atomic E-state index is 0.220. The molecule has 1 N–H and O–H groups in total. The van der Waals surface area contributed by atoms with E-state index in [0.29, 0.717) is 0 Å². The van der Waals surface area contributed by atoms with Gasteiger partial charge in [-0.3, -0.25) is 4.79 Å². The van der Waals surface area contributed by atoms with Gasteiger partial charge in [0.05, 0.1) is 5.54 Å². The molecular weight excluding hydrogens is 183 g/mol. The first-order valence-electron chi connectivity index (χ1n) is 3.98. The van der Waals surface area contributed by atoms with Crippen LogP contribution >= 0.6 is 0 Å². The fourth-order valence-corrected chi connectivity index (χ4v) is 0.869. The van der Waals surface area contributed by atoms with Gasteiger partial charge in [0.1, 0.15) is 5.78 Å². The number of nitrogens with one attached hydrogen (secondary N) is 1. The quantitative estimate of drug-likeness (QED) is 0.745. The van der Waals surface area contributed by atoms with Crippen LogP contribution in [0.1, 0.15) is 26.7 Å². The molecule has 0 aliphatic heterocycles. The molecule has 0 aromatic carbocycles. The lowest BCUT2D eigenvalue weighted by Gasteiger charge is -2.26. The number of Topliss-reactive ketones (excluding diaryl/α,β-unsaturated/α-hetero) is 1. The number of hydrogen-bond acceptors (Lipinski definition) is 2. The van der Waals surface area contributed by atoms with Crippen molar-refractivity contribution in [3.8, 4) is 0 Å². The Balaban J connectivity index is 4.22. The van der Waals surface area contributed by atoms with Gasteiger partial charge in [0, 0.05) is 6.42 Å². The smallest absolute Gasteiger partial charge is 0.308 e. The molecule has 0 aromatic heterocycles. The molecule has 5 heteroatoms. The number of rotatable bonds is 4. The predicted molar refractivity (Wildman–Crippen MR) is 43.4 cm³/mol. The van der Waals surface area contributed by atoms with E-state index in [1.165, 1.54) is 20.9 Å². The molecule has 0 bridgehead atoms. The van der Waals surface area contributed by atoms with Crippen molar-refractivity contribution in [2.24, 2.45) is 0 Å². The average Bonchev–Trinajstić information content (AvgIpc) is 1.98. The van der Waals surface area contributed by atoms with E-state index in [0.717, 1.165) is 0 Å². The van der Waals surface area contributed by atoms with Crippen LogP contribution < -0.4 is 5.32 Å². The van der Waals surface area contributed by atoms with Crippen LogP contribution in [-0.4, -0.2) is 24.5 Å². The van der Waals surface area contributed by atoms with E-state index in [-0.39, 0.29) is 12.2 Å². The predicted octanol–water partition coefficient (Wildman–Crippen LogP) is 1.90. The van der Waals surface area contributed by atoms with Crippen LogP contribution in [-0.2, 0) is 4.79 Å². The summed E-state index contributed by atoms with van der Waals surface area (Å²) in [5, 5.41) is 2.60. The topological polar surface area (TPSA) is 29.1 Å². The van der Waals surface area contributed by atoms with Crippen LogP contribution in [0.25, 0.3) is 0 Å². The maximum absolute atomic E-state index is 11.8. The molecular formula is C8H14F3NO. The summed E-state index contributed by atoms with van der Waals surface area (Å²) in [5.74, 6) is -0.278. The third kappa shape index (κ3) is 4.26. The summed E-state index contributed by atoms with van der Waals surface area (Å²) in [5.41, 5.74) is -1.06. The molecule has 0 spiro atoms. The molecule has 0 saturated carbocycles.